The van der Waals surface area contributed by atoms with E-state index in [1.165, 1.54) is 19.3 Å². The molecule has 1 heterocycles. The number of aliphatic hydroxyl groups is 1. The molecule has 1 saturated carbocycles. The van der Waals surface area contributed by atoms with Crippen LogP contribution in [-0.2, 0) is 0 Å². The Morgan fingerprint density at radius 2 is 2.11 bits per heavy atom. The molecule has 0 atom stereocenters. The largest absolute Gasteiger partial charge is 0.396 e. The molecule has 0 spiro atoms. The second-order valence-corrected chi connectivity index (χ2v) is 6.10. The summed E-state index contributed by atoms with van der Waals surface area (Å²) < 4.78 is 0.788. The molecule has 1 aliphatic rings. The van der Waals surface area contributed by atoms with Gasteiger partial charge in [-0.25, -0.2) is 4.98 Å². The van der Waals surface area contributed by atoms with Crippen molar-refractivity contribution in [3.8, 4) is 0 Å². The summed E-state index contributed by atoms with van der Waals surface area (Å²) in [6, 6.07) is 0. The van der Waals surface area contributed by atoms with Crippen molar-refractivity contribution in [2.45, 2.75) is 32.1 Å². The van der Waals surface area contributed by atoms with Crippen LogP contribution in [0.2, 0.25) is 5.28 Å². The molecule has 2 N–H and O–H groups in total. The van der Waals surface area contributed by atoms with Gasteiger partial charge in [0.15, 0.2) is 0 Å². The summed E-state index contributed by atoms with van der Waals surface area (Å²) in [5.74, 6) is 0.688. The topological polar surface area (TPSA) is 58.0 Å². The summed E-state index contributed by atoms with van der Waals surface area (Å²) in [5.41, 5.74) is -0.0187. The minimum atomic E-state index is -0.0187. The van der Waals surface area contributed by atoms with Crippen LogP contribution < -0.4 is 5.32 Å². The van der Waals surface area contributed by atoms with Crippen molar-refractivity contribution >= 4 is 33.3 Å². The van der Waals surface area contributed by atoms with Crippen molar-refractivity contribution in [3.63, 3.8) is 0 Å². The first-order chi connectivity index (χ1) is 8.65. The lowest BCUT2D eigenvalue weighted by molar-refractivity contribution is 0.0943. The molecule has 4 nitrogen and oxygen atoms in total. The van der Waals surface area contributed by atoms with Crippen LogP contribution in [0.1, 0.15) is 32.1 Å². The van der Waals surface area contributed by atoms with Gasteiger partial charge in [-0.1, -0.05) is 19.3 Å². The maximum Gasteiger partial charge on any atom is 0.224 e. The third-order valence-corrected chi connectivity index (χ3v) is 4.36. The maximum absolute atomic E-state index is 9.63. The molecule has 1 aromatic heterocycles. The van der Waals surface area contributed by atoms with E-state index in [9.17, 15) is 5.11 Å². The van der Waals surface area contributed by atoms with E-state index in [1.807, 2.05) is 0 Å². The van der Waals surface area contributed by atoms with Crippen LogP contribution in [0.15, 0.2) is 10.7 Å². The van der Waals surface area contributed by atoms with E-state index < -0.39 is 0 Å². The predicted molar refractivity (Wildman–Crippen MR) is 75.8 cm³/mol. The zero-order chi connectivity index (χ0) is 13.0. The van der Waals surface area contributed by atoms with Gasteiger partial charge in [0.1, 0.15) is 5.82 Å². The minimum absolute atomic E-state index is 0.0187. The number of rotatable bonds is 4. The van der Waals surface area contributed by atoms with E-state index in [0.717, 1.165) is 23.9 Å². The highest BCUT2D eigenvalue weighted by Gasteiger charge is 2.31. The molecular formula is C12H17BrClN3O. The zero-order valence-electron chi connectivity index (χ0n) is 10.1. The van der Waals surface area contributed by atoms with Crippen molar-refractivity contribution in [2.75, 3.05) is 18.5 Å². The Hall–Kier alpha value is -0.390. The Morgan fingerprint density at radius 1 is 1.39 bits per heavy atom. The molecule has 0 saturated heterocycles. The van der Waals surface area contributed by atoms with Crippen LogP contribution in [0.5, 0.6) is 0 Å². The predicted octanol–water partition coefficient (Wildman–Crippen LogP) is 3.25. The van der Waals surface area contributed by atoms with Gasteiger partial charge in [0.25, 0.3) is 0 Å². The number of nitrogens with one attached hydrogen (secondary N) is 1. The fourth-order valence-corrected chi connectivity index (χ4v) is 2.90. The van der Waals surface area contributed by atoms with Gasteiger partial charge in [0.05, 0.1) is 11.1 Å². The SMILES string of the molecule is OCC1(CNc2nc(Cl)ncc2Br)CCCCC1. The Bertz CT molecular complexity index is 410. The molecule has 1 aliphatic carbocycles. The third-order valence-electron chi connectivity index (χ3n) is 3.60. The molecule has 0 radical (unpaired) electrons. The van der Waals surface area contributed by atoms with Gasteiger partial charge in [-0.05, 0) is 40.4 Å². The van der Waals surface area contributed by atoms with E-state index in [1.54, 1.807) is 6.20 Å². The van der Waals surface area contributed by atoms with Crippen LogP contribution >= 0.6 is 27.5 Å². The van der Waals surface area contributed by atoms with Crippen LogP contribution in [0.25, 0.3) is 0 Å². The van der Waals surface area contributed by atoms with Gasteiger partial charge in [-0.2, -0.15) is 4.98 Å². The van der Waals surface area contributed by atoms with Gasteiger partial charge >= 0.3 is 0 Å². The molecule has 6 heteroatoms. The fraction of sp³-hybridized carbons (Fsp3) is 0.667. The van der Waals surface area contributed by atoms with Crippen LogP contribution in [0.4, 0.5) is 5.82 Å². The van der Waals surface area contributed by atoms with E-state index in [0.29, 0.717) is 5.82 Å². The van der Waals surface area contributed by atoms with Crippen molar-refractivity contribution in [1.82, 2.24) is 9.97 Å². The van der Waals surface area contributed by atoms with Gasteiger partial charge in [0, 0.05) is 18.2 Å². The molecule has 0 unspecified atom stereocenters. The number of aliphatic hydroxyl groups excluding tert-OH is 1. The fourth-order valence-electron chi connectivity index (χ4n) is 2.43. The van der Waals surface area contributed by atoms with Gasteiger partial charge in [-0.15, -0.1) is 0 Å². The lowest BCUT2D eigenvalue weighted by Crippen LogP contribution is -2.35. The molecule has 100 valence electrons. The molecule has 2 rings (SSSR count). The van der Waals surface area contributed by atoms with Crippen LogP contribution in [0.3, 0.4) is 0 Å². The number of halogens is 2. The molecular weight excluding hydrogens is 318 g/mol. The van der Waals surface area contributed by atoms with E-state index in [4.69, 9.17) is 11.6 Å². The number of aromatic nitrogens is 2. The summed E-state index contributed by atoms with van der Waals surface area (Å²) in [5, 5.41) is 13.1. The molecule has 0 amide bonds. The Labute approximate surface area is 120 Å². The monoisotopic (exact) mass is 333 g/mol. The van der Waals surface area contributed by atoms with Gasteiger partial charge in [-0.3, -0.25) is 0 Å². The summed E-state index contributed by atoms with van der Waals surface area (Å²) in [6.07, 6.45) is 7.40. The first kappa shape index (κ1) is 14.0. The maximum atomic E-state index is 9.63. The summed E-state index contributed by atoms with van der Waals surface area (Å²) in [4.78, 5) is 8.03. The number of anilines is 1. The molecule has 1 aromatic rings. The van der Waals surface area contributed by atoms with Crippen molar-refractivity contribution in [1.29, 1.82) is 0 Å². The quantitative estimate of drug-likeness (QED) is 0.830. The molecule has 18 heavy (non-hydrogen) atoms. The van der Waals surface area contributed by atoms with E-state index >= 15 is 0 Å². The standard InChI is InChI=1S/C12H17BrClN3O/c13-9-6-15-11(14)17-10(9)16-7-12(8-18)4-2-1-3-5-12/h6,18H,1-5,7-8H2,(H,15,16,17). The third kappa shape index (κ3) is 3.33. The molecule has 0 bridgehead atoms. The first-order valence-electron chi connectivity index (χ1n) is 6.18. The summed E-state index contributed by atoms with van der Waals surface area (Å²) in [7, 11) is 0. The normalized spacial score (nSPS) is 18.6. The summed E-state index contributed by atoms with van der Waals surface area (Å²) in [6.45, 7) is 0.936. The Morgan fingerprint density at radius 3 is 2.78 bits per heavy atom. The highest BCUT2D eigenvalue weighted by molar-refractivity contribution is 9.10. The lowest BCUT2D eigenvalue weighted by Gasteiger charge is -2.35. The van der Waals surface area contributed by atoms with E-state index in [-0.39, 0.29) is 17.3 Å². The smallest absolute Gasteiger partial charge is 0.224 e. The number of hydrogen-bond donors (Lipinski definition) is 2. The Balaban J connectivity index is 2.03. The van der Waals surface area contributed by atoms with Gasteiger partial charge in [0.2, 0.25) is 5.28 Å². The summed E-state index contributed by atoms with van der Waals surface area (Å²) >= 11 is 9.16. The highest BCUT2D eigenvalue weighted by Crippen LogP contribution is 2.36. The average molecular weight is 335 g/mol. The zero-order valence-corrected chi connectivity index (χ0v) is 12.5. The molecule has 0 aliphatic heterocycles. The molecule has 0 aromatic carbocycles. The van der Waals surface area contributed by atoms with Gasteiger partial charge < -0.3 is 10.4 Å². The van der Waals surface area contributed by atoms with Crippen molar-refractivity contribution < 1.29 is 5.11 Å². The van der Waals surface area contributed by atoms with Crippen molar-refractivity contribution in [3.05, 3.63) is 16.0 Å². The highest BCUT2D eigenvalue weighted by atomic mass is 79.9. The number of hydrogen-bond acceptors (Lipinski definition) is 4. The van der Waals surface area contributed by atoms with Crippen LogP contribution in [-0.4, -0.2) is 28.2 Å². The minimum Gasteiger partial charge on any atom is -0.396 e. The van der Waals surface area contributed by atoms with Crippen LogP contribution in [0, 0.1) is 5.41 Å². The average Bonchev–Trinajstić information content (AvgIpc) is 2.41. The van der Waals surface area contributed by atoms with Crippen molar-refractivity contribution in [2.24, 2.45) is 5.41 Å². The Kier molecular flexibility index (Phi) is 4.81. The second-order valence-electron chi connectivity index (χ2n) is 4.91. The number of nitrogens with zero attached hydrogens (tertiary/aromatic N) is 2. The second kappa shape index (κ2) is 6.17. The first-order valence-corrected chi connectivity index (χ1v) is 7.35. The van der Waals surface area contributed by atoms with E-state index in [2.05, 4.69) is 31.2 Å². The molecule has 1 fully saturated rings. The lowest BCUT2D eigenvalue weighted by atomic mass is 9.74.